The van der Waals surface area contributed by atoms with E-state index in [4.69, 9.17) is 9.47 Å². The van der Waals surface area contributed by atoms with Gasteiger partial charge in [0.2, 0.25) is 10.0 Å². The first-order valence-electron chi connectivity index (χ1n) is 10.4. The fraction of sp³-hybridized carbons (Fsp3) is 0.409. The summed E-state index contributed by atoms with van der Waals surface area (Å²) in [5.41, 5.74) is 1.92. The van der Waals surface area contributed by atoms with E-state index in [9.17, 15) is 22.8 Å². The van der Waals surface area contributed by atoms with Crippen LogP contribution in [0, 0.1) is 13.8 Å². The van der Waals surface area contributed by atoms with Gasteiger partial charge < -0.3 is 19.8 Å². The number of rotatable bonds is 7. The van der Waals surface area contributed by atoms with Crippen LogP contribution in [0.4, 0.5) is 5.69 Å². The highest BCUT2D eigenvalue weighted by atomic mass is 32.2. The van der Waals surface area contributed by atoms with Gasteiger partial charge in [-0.15, -0.1) is 0 Å². The number of ketones is 1. The number of amides is 1. The number of H-pyrrole nitrogens is 1. The van der Waals surface area contributed by atoms with Crippen LogP contribution in [0.2, 0.25) is 0 Å². The van der Waals surface area contributed by atoms with Gasteiger partial charge in [0.25, 0.3) is 5.91 Å². The highest BCUT2D eigenvalue weighted by molar-refractivity contribution is 7.89. The van der Waals surface area contributed by atoms with Crippen LogP contribution in [-0.4, -0.2) is 67.8 Å². The molecule has 11 heteroatoms. The summed E-state index contributed by atoms with van der Waals surface area (Å²) in [6.07, 6.45) is -1.13. The van der Waals surface area contributed by atoms with E-state index in [0.29, 0.717) is 35.7 Å². The minimum absolute atomic E-state index is 0.112. The maximum atomic E-state index is 12.7. The molecule has 1 aliphatic rings. The summed E-state index contributed by atoms with van der Waals surface area (Å²) in [4.78, 5) is 39.7. The number of hydrogen-bond donors (Lipinski definition) is 2. The van der Waals surface area contributed by atoms with Gasteiger partial charge in [0, 0.05) is 30.0 Å². The zero-order valence-corrected chi connectivity index (χ0v) is 19.7. The Morgan fingerprint density at radius 2 is 1.73 bits per heavy atom. The molecule has 178 valence electrons. The smallest absolute Gasteiger partial charge is 0.355 e. The van der Waals surface area contributed by atoms with E-state index >= 15 is 0 Å². The third-order valence-electron chi connectivity index (χ3n) is 5.38. The van der Waals surface area contributed by atoms with E-state index < -0.39 is 28.0 Å². The molecule has 1 saturated heterocycles. The highest BCUT2D eigenvalue weighted by Crippen LogP contribution is 2.21. The molecular formula is C22H27N3O7S. The van der Waals surface area contributed by atoms with Crippen LogP contribution < -0.4 is 5.32 Å². The normalized spacial score (nSPS) is 15.6. The molecule has 2 aromatic rings. The van der Waals surface area contributed by atoms with Gasteiger partial charge in [0.15, 0.2) is 11.9 Å². The Morgan fingerprint density at radius 3 is 2.27 bits per heavy atom. The van der Waals surface area contributed by atoms with Gasteiger partial charge in [0.05, 0.1) is 18.1 Å². The van der Waals surface area contributed by atoms with Crippen LogP contribution in [-0.2, 0) is 24.3 Å². The Hall–Kier alpha value is -3.02. The van der Waals surface area contributed by atoms with E-state index in [2.05, 4.69) is 10.3 Å². The van der Waals surface area contributed by atoms with Crippen molar-refractivity contribution >= 4 is 33.4 Å². The molecule has 2 N–H and O–H groups in total. The van der Waals surface area contributed by atoms with Crippen LogP contribution >= 0.6 is 0 Å². The van der Waals surface area contributed by atoms with Gasteiger partial charge in [-0.3, -0.25) is 9.59 Å². The predicted molar refractivity (Wildman–Crippen MR) is 120 cm³/mol. The second kappa shape index (κ2) is 9.86. The average molecular weight is 478 g/mol. The molecule has 1 fully saturated rings. The quantitative estimate of drug-likeness (QED) is 0.460. The van der Waals surface area contributed by atoms with Crippen LogP contribution in [0.3, 0.4) is 0 Å². The third-order valence-corrected chi connectivity index (χ3v) is 7.29. The van der Waals surface area contributed by atoms with Gasteiger partial charge >= 0.3 is 5.97 Å². The van der Waals surface area contributed by atoms with Crippen molar-refractivity contribution in [3.8, 4) is 0 Å². The van der Waals surface area contributed by atoms with Crippen LogP contribution in [0.5, 0.6) is 0 Å². The summed E-state index contributed by atoms with van der Waals surface area (Å²) < 4.78 is 37.2. The van der Waals surface area contributed by atoms with Gasteiger partial charge in [-0.2, -0.15) is 4.31 Å². The highest BCUT2D eigenvalue weighted by Gasteiger charge is 2.27. The zero-order chi connectivity index (χ0) is 24.3. The Labute approximate surface area is 192 Å². The largest absolute Gasteiger partial charge is 0.448 e. The van der Waals surface area contributed by atoms with Crippen molar-refractivity contribution < 1.29 is 32.3 Å². The lowest BCUT2D eigenvalue weighted by atomic mass is 10.1. The van der Waals surface area contributed by atoms with Crippen molar-refractivity contribution in [1.82, 2.24) is 9.29 Å². The number of aryl methyl sites for hydroxylation is 1. The van der Waals surface area contributed by atoms with Gasteiger partial charge in [-0.05, 0) is 57.5 Å². The number of carbonyl (C=O) groups excluding carboxylic acids is 3. The minimum Gasteiger partial charge on any atom is -0.448 e. The maximum Gasteiger partial charge on any atom is 0.355 e. The maximum absolute atomic E-state index is 12.7. The summed E-state index contributed by atoms with van der Waals surface area (Å²) >= 11 is 0. The molecular weight excluding hydrogens is 450 g/mol. The topological polar surface area (TPSA) is 135 Å². The molecule has 0 aliphatic carbocycles. The number of ether oxygens (including phenoxy) is 2. The van der Waals surface area contributed by atoms with Crippen LogP contribution in [0.25, 0.3) is 0 Å². The second-order valence-corrected chi connectivity index (χ2v) is 9.70. The Bertz CT molecular complexity index is 1160. The minimum atomic E-state index is -3.64. The number of aromatic nitrogens is 1. The molecule has 1 amide bonds. The molecule has 0 saturated carbocycles. The van der Waals surface area contributed by atoms with Gasteiger partial charge in [-0.1, -0.05) is 0 Å². The monoisotopic (exact) mass is 477 g/mol. The van der Waals surface area contributed by atoms with Crippen LogP contribution in [0.15, 0.2) is 29.2 Å². The Morgan fingerprint density at radius 1 is 1.12 bits per heavy atom. The number of sulfonamides is 1. The number of hydrogen-bond acceptors (Lipinski definition) is 7. The molecule has 1 aliphatic heterocycles. The summed E-state index contributed by atoms with van der Waals surface area (Å²) in [5, 5.41) is 2.60. The van der Waals surface area contributed by atoms with Gasteiger partial charge in [-0.25, -0.2) is 13.2 Å². The van der Waals surface area contributed by atoms with Crippen molar-refractivity contribution in [3.63, 3.8) is 0 Å². The van der Waals surface area contributed by atoms with E-state index in [1.807, 2.05) is 0 Å². The molecule has 2 heterocycles. The third kappa shape index (κ3) is 5.32. The van der Waals surface area contributed by atoms with Crippen molar-refractivity contribution in [2.24, 2.45) is 0 Å². The molecule has 1 unspecified atom stereocenters. The summed E-state index contributed by atoms with van der Waals surface area (Å²) in [7, 11) is -3.64. The first-order chi connectivity index (χ1) is 15.5. The number of anilines is 1. The Balaban J connectivity index is 1.63. The van der Waals surface area contributed by atoms with Crippen LogP contribution in [0.1, 0.15) is 46.0 Å². The molecule has 0 spiro atoms. The number of Topliss-reactive ketones (excluding diaryl/α,β-unsaturated/α-hetero) is 1. The Kier molecular flexibility index (Phi) is 7.35. The predicted octanol–water partition coefficient (Wildman–Crippen LogP) is 2.04. The molecule has 1 aromatic heterocycles. The van der Waals surface area contributed by atoms with Crippen molar-refractivity contribution in [2.45, 2.75) is 38.7 Å². The van der Waals surface area contributed by atoms with E-state index in [1.165, 1.54) is 42.4 Å². The summed E-state index contributed by atoms with van der Waals surface area (Å²) in [5.74, 6) is -1.51. The molecule has 1 atom stereocenters. The molecule has 33 heavy (non-hydrogen) atoms. The van der Waals surface area contributed by atoms with Crippen molar-refractivity contribution in [1.29, 1.82) is 0 Å². The summed E-state index contributed by atoms with van der Waals surface area (Å²) in [6.45, 7) is 7.42. The van der Waals surface area contributed by atoms with E-state index in [-0.39, 0.29) is 29.5 Å². The molecule has 3 rings (SSSR count). The molecule has 0 bridgehead atoms. The number of carbonyl (C=O) groups is 3. The lowest BCUT2D eigenvalue weighted by molar-refractivity contribution is -0.123. The number of esters is 1. The first-order valence-corrected chi connectivity index (χ1v) is 11.9. The number of nitrogens with zero attached hydrogens (tertiary/aromatic N) is 1. The standard InChI is InChI=1S/C22H27N3O7S/c1-13-19(15(3)26)14(2)23-20(13)22(28)32-16(4)21(27)24-17-5-7-18(8-6-17)33(29,30)25-9-11-31-12-10-25/h5-8,16,23H,9-12H2,1-4H3,(H,24,27). The van der Waals surface area contributed by atoms with E-state index in [1.54, 1.807) is 13.8 Å². The SMILES string of the molecule is CC(=O)c1c(C)[nH]c(C(=O)OC(C)C(=O)Nc2ccc(S(=O)(=O)N3CCOCC3)cc2)c1C. The number of morpholine rings is 1. The second-order valence-electron chi connectivity index (χ2n) is 7.76. The fourth-order valence-electron chi connectivity index (χ4n) is 3.65. The van der Waals surface area contributed by atoms with Crippen molar-refractivity contribution in [2.75, 3.05) is 31.6 Å². The number of nitrogens with one attached hydrogen (secondary N) is 2. The zero-order valence-electron chi connectivity index (χ0n) is 18.9. The molecule has 10 nitrogen and oxygen atoms in total. The van der Waals surface area contributed by atoms with E-state index in [0.717, 1.165) is 0 Å². The fourth-order valence-corrected chi connectivity index (χ4v) is 5.05. The number of benzene rings is 1. The first kappa shape index (κ1) is 24.6. The lowest BCUT2D eigenvalue weighted by Crippen LogP contribution is -2.40. The summed E-state index contributed by atoms with van der Waals surface area (Å²) in [6, 6.07) is 5.76. The lowest BCUT2D eigenvalue weighted by Gasteiger charge is -2.26. The molecule has 0 radical (unpaired) electrons. The van der Waals surface area contributed by atoms with Crippen molar-refractivity contribution in [3.05, 3.63) is 46.8 Å². The van der Waals surface area contributed by atoms with Gasteiger partial charge in [0.1, 0.15) is 5.69 Å². The molecule has 1 aromatic carbocycles. The number of aromatic amines is 1. The average Bonchev–Trinajstić information content (AvgIpc) is 3.08.